The van der Waals surface area contributed by atoms with Crippen LogP contribution in [-0.4, -0.2) is 37.3 Å². The minimum absolute atomic E-state index is 0.362. The van der Waals surface area contributed by atoms with Crippen molar-refractivity contribution in [3.63, 3.8) is 0 Å². The molecule has 1 fully saturated rings. The number of esters is 1. The lowest BCUT2D eigenvalue weighted by Gasteiger charge is -2.04. The molecule has 0 spiro atoms. The number of carbonyl (C=O) groups is 1. The maximum absolute atomic E-state index is 11.4. The van der Waals surface area contributed by atoms with Gasteiger partial charge in [0.05, 0.1) is 6.61 Å². The fourth-order valence-electron chi connectivity index (χ4n) is 1.56. The Morgan fingerprint density at radius 3 is 3.16 bits per heavy atom. The average molecular weight is 284 g/mol. The molecule has 1 N–H and O–H groups in total. The van der Waals surface area contributed by atoms with Gasteiger partial charge >= 0.3 is 5.97 Å². The highest BCUT2D eigenvalue weighted by Crippen LogP contribution is 2.28. The largest absolute Gasteiger partial charge is 0.461 e. The van der Waals surface area contributed by atoms with Crippen LogP contribution in [0.25, 0.3) is 0 Å². The van der Waals surface area contributed by atoms with E-state index in [2.05, 4.69) is 10.3 Å². The number of ether oxygens (including phenoxy) is 2. The van der Waals surface area contributed by atoms with Crippen molar-refractivity contribution >= 4 is 22.4 Å². The second-order valence-electron chi connectivity index (χ2n) is 4.56. The lowest BCUT2D eigenvalue weighted by Crippen LogP contribution is -2.08. The summed E-state index contributed by atoms with van der Waals surface area (Å²) in [5, 5.41) is 5.65. The molecule has 0 saturated heterocycles. The molecule has 1 saturated carbocycles. The molecule has 2 rings (SSSR count). The van der Waals surface area contributed by atoms with E-state index in [4.69, 9.17) is 9.47 Å². The molecule has 0 aromatic carbocycles. The zero-order chi connectivity index (χ0) is 13.5. The Balaban J connectivity index is 1.58. The van der Waals surface area contributed by atoms with Gasteiger partial charge in [-0.3, -0.25) is 0 Å². The van der Waals surface area contributed by atoms with Crippen LogP contribution in [0.15, 0.2) is 5.38 Å². The highest BCUT2D eigenvalue weighted by atomic mass is 32.1. The molecule has 0 radical (unpaired) electrons. The van der Waals surface area contributed by atoms with Gasteiger partial charge < -0.3 is 14.8 Å². The molecule has 0 atom stereocenters. The number of nitrogens with one attached hydrogen (secondary N) is 1. The van der Waals surface area contributed by atoms with Gasteiger partial charge in [0.15, 0.2) is 10.8 Å². The van der Waals surface area contributed by atoms with Crippen molar-refractivity contribution in [3.05, 3.63) is 11.1 Å². The molecule has 1 aromatic rings. The van der Waals surface area contributed by atoms with Gasteiger partial charge in [0.1, 0.15) is 0 Å². The van der Waals surface area contributed by atoms with E-state index < -0.39 is 0 Å². The third-order valence-electron chi connectivity index (χ3n) is 2.78. The number of hydrogen-bond acceptors (Lipinski definition) is 6. The Kier molecular flexibility index (Phi) is 5.60. The predicted molar refractivity (Wildman–Crippen MR) is 74.7 cm³/mol. The van der Waals surface area contributed by atoms with Gasteiger partial charge in [-0.15, -0.1) is 11.3 Å². The van der Waals surface area contributed by atoms with Gasteiger partial charge in [-0.25, -0.2) is 9.78 Å². The van der Waals surface area contributed by atoms with E-state index in [1.165, 1.54) is 24.2 Å². The third kappa shape index (κ3) is 5.16. The normalized spacial score (nSPS) is 14.4. The van der Waals surface area contributed by atoms with Crippen LogP contribution in [0, 0.1) is 5.92 Å². The standard InChI is InChI=1S/C13H20N2O3S/c1-2-18-12(16)11-9-19-13(15-11)14-6-3-7-17-8-10-4-5-10/h9-10H,2-8H2,1H3,(H,14,15). The average Bonchev–Trinajstić information content (AvgIpc) is 3.10. The maximum Gasteiger partial charge on any atom is 0.357 e. The molecule has 0 bridgehead atoms. The Morgan fingerprint density at radius 1 is 1.58 bits per heavy atom. The summed E-state index contributed by atoms with van der Waals surface area (Å²) in [6.45, 7) is 4.65. The lowest BCUT2D eigenvalue weighted by molar-refractivity contribution is 0.0520. The van der Waals surface area contributed by atoms with Gasteiger partial charge in [-0.05, 0) is 32.1 Å². The number of rotatable bonds is 9. The number of nitrogens with zero attached hydrogens (tertiary/aromatic N) is 1. The van der Waals surface area contributed by atoms with Gasteiger partial charge in [0.2, 0.25) is 0 Å². The highest BCUT2D eigenvalue weighted by molar-refractivity contribution is 7.13. The van der Waals surface area contributed by atoms with Crippen molar-refractivity contribution in [2.75, 3.05) is 31.7 Å². The summed E-state index contributed by atoms with van der Waals surface area (Å²) in [6, 6.07) is 0. The molecule has 1 aliphatic rings. The number of thiazole rings is 1. The van der Waals surface area contributed by atoms with Gasteiger partial charge in [-0.1, -0.05) is 0 Å². The summed E-state index contributed by atoms with van der Waals surface area (Å²) in [7, 11) is 0. The van der Waals surface area contributed by atoms with Crippen molar-refractivity contribution in [1.29, 1.82) is 0 Å². The molecule has 6 heteroatoms. The van der Waals surface area contributed by atoms with Crippen LogP contribution in [0.1, 0.15) is 36.7 Å². The van der Waals surface area contributed by atoms with Gasteiger partial charge in [0.25, 0.3) is 0 Å². The van der Waals surface area contributed by atoms with E-state index in [1.54, 1.807) is 12.3 Å². The summed E-state index contributed by atoms with van der Waals surface area (Å²) >= 11 is 1.42. The second kappa shape index (κ2) is 7.45. The van der Waals surface area contributed by atoms with Crippen LogP contribution in [0.2, 0.25) is 0 Å². The van der Waals surface area contributed by atoms with E-state index in [9.17, 15) is 4.79 Å². The van der Waals surface area contributed by atoms with E-state index in [0.717, 1.165) is 37.2 Å². The van der Waals surface area contributed by atoms with Gasteiger partial charge in [-0.2, -0.15) is 0 Å². The van der Waals surface area contributed by atoms with Crippen LogP contribution in [0.3, 0.4) is 0 Å². The molecule has 1 aromatic heterocycles. The first-order valence-corrected chi connectivity index (χ1v) is 7.62. The lowest BCUT2D eigenvalue weighted by atomic mass is 10.4. The van der Waals surface area contributed by atoms with Crippen LogP contribution < -0.4 is 5.32 Å². The fourth-order valence-corrected chi connectivity index (χ4v) is 2.27. The maximum atomic E-state index is 11.4. The Bertz CT molecular complexity index is 404. The molecule has 0 unspecified atom stereocenters. The van der Waals surface area contributed by atoms with Crippen molar-refractivity contribution in [2.45, 2.75) is 26.2 Å². The predicted octanol–water partition coefficient (Wildman–Crippen LogP) is 2.55. The molecule has 0 amide bonds. The molecule has 1 heterocycles. The van der Waals surface area contributed by atoms with Crippen LogP contribution >= 0.6 is 11.3 Å². The molecule has 106 valence electrons. The van der Waals surface area contributed by atoms with Crippen molar-refractivity contribution in [2.24, 2.45) is 5.92 Å². The summed E-state index contributed by atoms with van der Waals surface area (Å²) < 4.78 is 10.4. The van der Waals surface area contributed by atoms with E-state index >= 15 is 0 Å². The number of aromatic nitrogens is 1. The van der Waals surface area contributed by atoms with Crippen LogP contribution in [0.4, 0.5) is 5.13 Å². The number of anilines is 1. The van der Waals surface area contributed by atoms with Gasteiger partial charge in [0, 0.05) is 25.1 Å². The van der Waals surface area contributed by atoms with E-state index in [1.807, 2.05) is 0 Å². The molecule has 0 aliphatic heterocycles. The van der Waals surface area contributed by atoms with E-state index in [0.29, 0.717) is 12.3 Å². The fraction of sp³-hybridized carbons (Fsp3) is 0.692. The van der Waals surface area contributed by atoms with E-state index in [-0.39, 0.29) is 5.97 Å². The molecule has 19 heavy (non-hydrogen) atoms. The monoisotopic (exact) mass is 284 g/mol. The van der Waals surface area contributed by atoms with Crippen LogP contribution in [-0.2, 0) is 9.47 Å². The summed E-state index contributed by atoms with van der Waals surface area (Å²) in [5.41, 5.74) is 0.374. The quantitative estimate of drug-likeness (QED) is 0.558. The van der Waals surface area contributed by atoms with Crippen LogP contribution in [0.5, 0.6) is 0 Å². The highest BCUT2D eigenvalue weighted by Gasteiger charge is 2.20. The first-order chi connectivity index (χ1) is 9.29. The molecular weight excluding hydrogens is 264 g/mol. The Morgan fingerprint density at radius 2 is 2.42 bits per heavy atom. The zero-order valence-corrected chi connectivity index (χ0v) is 12.0. The summed E-state index contributed by atoms with van der Waals surface area (Å²) in [5.74, 6) is 0.457. The Hall–Kier alpha value is -1.14. The summed E-state index contributed by atoms with van der Waals surface area (Å²) in [6.07, 6.45) is 3.60. The first kappa shape index (κ1) is 14.3. The van der Waals surface area contributed by atoms with Crippen molar-refractivity contribution < 1.29 is 14.3 Å². The third-order valence-corrected chi connectivity index (χ3v) is 3.58. The first-order valence-electron chi connectivity index (χ1n) is 6.74. The minimum atomic E-state index is -0.362. The Labute approximate surface area is 117 Å². The molecule has 1 aliphatic carbocycles. The second-order valence-corrected chi connectivity index (χ2v) is 5.42. The SMILES string of the molecule is CCOC(=O)c1csc(NCCCOCC2CC2)n1. The minimum Gasteiger partial charge on any atom is -0.461 e. The molecular formula is C13H20N2O3S. The van der Waals surface area contributed by atoms with Crippen molar-refractivity contribution in [1.82, 2.24) is 4.98 Å². The smallest absolute Gasteiger partial charge is 0.357 e. The molecule has 5 nitrogen and oxygen atoms in total. The summed E-state index contributed by atoms with van der Waals surface area (Å²) in [4.78, 5) is 15.6. The number of carbonyl (C=O) groups excluding carboxylic acids is 1. The zero-order valence-electron chi connectivity index (χ0n) is 11.2. The topological polar surface area (TPSA) is 60.5 Å². The number of hydrogen-bond donors (Lipinski definition) is 1. The van der Waals surface area contributed by atoms with Crippen molar-refractivity contribution in [3.8, 4) is 0 Å².